The van der Waals surface area contributed by atoms with E-state index in [4.69, 9.17) is 10.7 Å². The van der Waals surface area contributed by atoms with Crippen molar-refractivity contribution in [2.75, 3.05) is 0 Å². The van der Waals surface area contributed by atoms with E-state index >= 15 is 0 Å². The molecule has 0 aliphatic heterocycles. The zero-order valence-electron chi connectivity index (χ0n) is 13.1. The van der Waals surface area contributed by atoms with E-state index in [-0.39, 0.29) is 0 Å². The lowest BCUT2D eigenvalue weighted by Gasteiger charge is -2.11. The molecule has 1 aromatic carbocycles. The Balaban J connectivity index is 2.13. The first-order valence-corrected chi connectivity index (χ1v) is 7.47. The lowest BCUT2D eigenvalue weighted by Crippen LogP contribution is -2.05. The van der Waals surface area contributed by atoms with Gasteiger partial charge in [0.25, 0.3) is 0 Å². The normalized spacial score (nSPS) is 11.6. The second-order valence-electron chi connectivity index (χ2n) is 5.67. The van der Waals surface area contributed by atoms with Crippen molar-refractivity contribution in [1.82, 2.24) is 15.0 Å². The average molecular weight is 306 g/mol. The summed E-state index contributed by atoms with van der Waals surface area (Å²) in [6, 6.07) is 8.19. The monoisotopic (exact) mass is 306 g/mol. The van der Waals surface area contributed by atoms with Gasteiger partial charge in [-0.3, -0.25) is 4.79 Å². The van der Waals surface area contributed by atoms with Gasteiger partial charge in [-0.25, -0.2) is 9.97 Å². The molecule has 2 heterocycles. The summed E-state index contributed by atoms with van der Waals surface area (Å²) in [6.45, 7) is 4.31. The van der Waals surface area contributed by atoms with Crippen LogP contribution in [0.3, 0.4) is 0 Å². The molecule has 23 heavy (non-hydrogen) atoms. The van der Waals surface area contributed by atoms with Gasteiger partial charge in [-0.05, 0) is 17.6 Å². The third-order valence-electron chi connectivity index (χ3n) is 3.70. The number of hydrogen-bond donors (Lipinski definition) is 2. The molecule has 0 aliphatic rings. The van der Waals surface area contributed by atoms with Gasteiger partial charge in [0.05, 0.1) is 11.9 Å². The van der Waals surface area contributed by atoms with Crippen LogP contribution in [0.25, 0.3) is 28.5 Å². The molecule has 0 aliphatic carbocycles. The van der Waals surface area contributed by atoms with Crippen LogP contribution in [0, 0.1) is 0 Å². The van der Waals surface area contributed by atoms with Crippen molar-refractivity contribution in [2.45, 2.75) is 19.8 Å². The van der Waals surface area contributed by atoms with E-state index in [1.54, 1.807) is 18.5 Å². The van der Waals surface area contributed by atoms with Crippen molar-refractivity contribution >= 4 is 23.1 Å². The number of amides is 1. The highest BCUT2D eigenvalue weighted by Gasteiger charge is 2.12. The molecule has 5 nitrogen and oxygen atoms in total. The van der Waals surface area contributed by atoms with Crippen LogP contribution in [0.1, 0.15) is 30.9 Å². The highest BCUT2D eigenvalue weighted by Crippen LogP contribution is 2.28. The van der Waals surface area contributed by atoms with Crippen LogP contribution >= 0.6 is 0 Å². The number of primary amides is 1. The molecule has 1 amide bonds. The van der Waals surface area contributed by atoms with Crippen molar-refractivity contribution in [3.8, 4) is 11.3 Å². The Kier molecular flexibility index (Phi) is 3.93. The van der Waals surface area contributed by atoms with Crippen LogP contribution in [0.4, 0.5) is 0 Å². The van der Waals surface area contributed by atoms with Gasteiger partial charge in [0, 0.05) is 23.4 Å². The summed E-state index contributed by atoms with van der Waals surface area (Å²) in [6.07, 6.45) is 6.50. The van der Waals surface area contributed by atoms with Crippen LogP contribution in [-0.2, 0) is 4.79 Å². The lowest BCUT2D eigenvalue weighted by atomic mass is 9.95. The molecule has 3 aromatic rings. The smallest absolute Gasteiger partial charge is 0.241 e. The van der Waals surface area contributed by atoms with Crippen molar-refractivity contribution in [1.29, 1.82) is 0 Å². The SMILES string of the molecule is CC(C)c1ccccc1-c1cnc2[nH]cc(C=CC(N)=O)c2n1. The quantitative estimate of drug-likeness (QED) is 0.726. The van der Waals surface area contributed by atoms with E-state index in [0.29, 0.717) is 11.6 Å². The standard InChI is InChI=1S/C18H18N4O/c1-11(2)13-5-3-4-6-14(13)15-10-21-18-17(22-15)12(9-20-18)7-8-16(19)23/h3-11H,1-2H3,(H2,19,23)(H,20,21). The number of benzene rings is 1. The van der Waals surface area contributed by atoms with E-state index < -0.39 is 5.91 Å². The molecule has 3 rings (SSSR count). The Morgan fingerprint density at radius 2 is 2.09 bits per heavy atom. The molecule has 0 spiro atoms. The molecule has 0 unspecified atom stereocenters. The molecular weight excluding hydrogens is 288 g/mol. The zero-order valence-corrected chi connectivity index (χ0v) is 13.1. The number of nitrogens with two attached hydrogens (primary N) is 1. The second-order valence-corrected chi connectivity index (χ2v) is 5.67. The summed E-state index contributed by atoms with van der Waals surface area (Å²) in [5, 5.41) is 0. The highest BCUT2D eigenvalue weighted by atomic mass is 16.1. The van der Waals surface area contributed by atoms with Gasteiger partial charge < -0.3 is 10.7 Å². The van der Waals surface area contributed by atoms with Gasteiger partial charge in [-0.15, -0.1) is 0 Å². The van der Waals surface area contributed by atoms with Crippen molar-refractivity contribution in [3.63, 3.8) is 0 Å². The van der Waals surface area contributed by atoms with Crippen molar-refractivity contribution in [3.05, 3.63) is 53.9 Å². The van der Waals surface area contributed by atoms with Crippen molar-refractivity contribution < 1.29 is 4.79 Å². The van der Waals surface area contributed by atoms with Gasteiger partial charge in [-0.2, -0.15) is 0 Å². The van der Waals surface area contributed by atoms with Crippen LogP contribution in [0.15, 0.2) is 42.7 Å². The number of nitrogens with one attached hydrogen (secondary N) is 1. The van der Waals surface area contributed by atoms with Crippen LogP contribution in [0.5, 0.6) is 0 Å². The Hall–Kier alpha value is -2.95. The fraction of sp³-hybridized carbons (Fsp3) is 0.167. The molecule has 0 saturated heterocycles. The summed E-state index contributed by atoms with van der Waals surface area (Å²) in [7, 11) is 0. The Morgan fingerprint density at radius 3 is 2.83 bits per heavy atom. The predicted octanol–water partition coefficient (Wildman–Crippen LogP) is 3.25. The number of carbonyl (C=O) groups excluding carboxylic acids is 1. The fourth-order valence-corrected chi connectivity index (χ4v) is 2.57. The average Bonchev–Trinajstić information content (AvgIpc) is 2.95. The summed E-state index contributed by atoms with van der Waals surface area (Å²) in [5.74, 6) is -0.0993. The molecule has 5 heteroatoms. The number of H-pyrrole nitrogens is 1. The van der Waals surface area contributed by atoms with Crippen LogP contribution in [-0.4, -0.2) is 20.9 Å². The number of aromatic nitrogens is 3. The maximum atomic E-state index is 10.9. The summed E-state index contributed by atoms with van der Waals surface area (Å²) < 4.78 is 0. The largest absolute Gasteiger partial charge is 0.366 e. The third-order valence-corrected chi connectivity index (χ3v) is 3.70. The Morgan fingerprint density at radius 1 is 1.30 bits per heavy atom. The summed E-state index contributed by atoms with van der Waals surface area (Å²) >= 11 is 0. The zero-order chi connectivity index (χ0) is 16.4. The van der Waals surface area contributed by atoms with E-state index in [1.807, 2.05) is 12.1 Å². The number of fused-ring (bicyclic) bond motifs is 1. The lowest BCUT2D eigenvalue weighted by molar-refractivity contribution is -0.113. The maximum absolute atomic E-state index is 10.9. The molecule has 0 atom stereocenters. The van der Waals surface area contributed by atoms with E-state index in [9.17, 15) is 4.79 Å². The molecule has 0 radical (unpaired) electrons. The first-order chi connectivity index (χ1) is 11.1. The number of rotatable bonds is 4. The summed E-state index contributed by atoms with van der Waals surface area (Å²) in [5.41, 5.74) is 10.5. The highest BCUT2D eigenvalue weighted by molar-refractivity contribution is 5.93. The number of hydrogen-bond acceptors (Lipinski definition) is 3. The van der Waals surface area contributed by atoms with Gasteiger partial charge in [0.2, 0.25) is 5.91 Å². The molecule has 3 N–H and O–H groups in total. The first kappa shape index (κ1) is 15.0. The molecule has 0 saturated carbocycles. The number of aromatic amines is 1. The van der Waals surface area contributed by atoms with E-state index in [1.165, 1.54) is 11.6 Å². The number of nitrogens with zero attached hydrogens (tertiary/aromatic N) is 2. The van der Waals surface area contributed by atoms with E-state index in [2.05, 4.69) is 35.9 Å². The van der Waals surface area contributed by atoms with Gasteiger partial charge in [0.1, 0.15) is 5.52 Å². The van der Waals surface area contributed by atoms with Gasteiger partial charge >= 0.3 is 0 Å². The molecule has 0 fully saturated rings. The number of carbonyl (C=O) groups is 1. The van der Waals surface area contributed by atoms with Gasteiger partial charge in [-0.1, -0.05) is 38.1 Å². The molecular formula is C18H18N4O. The first-order valence-electron chi connectivity index (χ1n) is 7.47. The maximum Gasteiger partial charge on any atom is 0.241 e. The fourth-order valence-electron chi connectivity index (χ4n) is 2.57. The minimum Gasteiger partial charge on any atom is -0.366 e. The predicted molar refractivity (Wildman–Crippen MR) is 91.6 cm³/mol. The van der Waals surface area contributed by atoms with Crippen LogP contribution in [0.2, 0.25) is 0 Å². The third kappa shape index (κ3) is 2.99. The van der Waals surface area contributed by atoms with E-state index in [0.717, 1.165) is 22.3 Å². The van der Waals surface area contributed by atoms with Crippen LogP contribution < -0.4 is 5.73 Å². The Bertz CT molecular complexity index is 893. The van der Waals surface area contributed by atoms with Gasteiger partial charge in [0.15, 0.2) is 5.65 Å². The molecule has 0 bridgehead atoms. The minimum atomic E-state index is -0.492. The van der Waals surface area contributed by atoms with Crippen molar-refractivity contribution in [2.24, 2.45) is 5.73 Å². The second kappa shape index (κ2) is 6.04. The molecule has 2 aromatic heterocycles. The summed E-state index contributed by atoms with van der Waals surface area (Å²) in [4.78, 5) is 23.1. The Labute approximate surface area is 134 Å². The topological polar surface area (TPSA) is 84.7 Å². The molecule has 116 valence electrons. The minimum absolute atomic E-state index is 0.393.